The van der Waals surface area contributed by atoms with Crippen molar-refractivity contribution in [3.63, 3.8) is 0 Å². The second kappa shape index (κ2) is 19.2. The number of nitrogens with two attached hydrogens (primary N) is 1. The van der Waals surface area contributed by atoms with Gasteiger partial charge in [-0.1, -0.05) is 44.2 Å². The predicted molar refractivity (Wildman–Crippen MR) is 170 cm³/mol. The zero-order chi connectivity index (χ0) is 34.2. The second-order valence-electron chi connectivity index (χ2n) is 11.2. The maximum atomic E-state index is 13.5. The highest BCUT2D eigenvalue weighted by Crippen LogP contribution is 2.09. The quantitative estimate of drug-likeness (QED) is 0.0925. The fourth-order valence-corrected chi connectivity index (χ4v) is 4.92. The molecule has 9 N–H and O–H groups in total. The van der Waals surface area contributed by atoms with Crippen LogP contribution in [0.2, 0.25) is 0 Å². The summed E-state index contributed by atoms with van der Waals surface area (Å²) in [5.41, 5.74) is 7.04. The van der Waals surface area contributed by atoms with Crippen LogP contribution in [0.4, 0.5) is 0 Å². The number of rotatable bonds is 20. The molecular weight excluding hydrogens is 618 g/mol. The number of H-pyrrole nitrogens is 1. The molecule has 0 saturated heterocycles. The highest BCUT2D eigenvalue weighted by atomic mass is 32.2. The molecule has 4 amide bonds. The number of amides is 4. The lowest BCUT2D eigenvalue weighted by molar-refractivity contribution is -0.143. The van der Waals surface area contributed by atoms with Gasteiger partial charge in [0, 0.05) is 24.7 Å². The van der Waals surface area contributed by atoms with E-state index in [1.807, 2.05) is 20.1 Å². The first-order valence-electron chi connectivity index (χ1n) is 14.7. The minimum absolute atomic E-state index is 0.0277. The molecule has 2 rings (SSSR count). The van der Waals surface area contributed by atoms with Gasteiger partial charge in [0.05, 0.1) is 18.8 Å². The molecule has 0 aliphatic carbocycles. The Balaban J connectivity index is 2.26. The molecule has 15 nitrogen and oxygen atoms in total. The topological polar surface area (TPSA) is 246 Å². The van der Waals surface area contributed by atoms with E-state index >= 15 is 0 Å². The van der Waals surface area contributed by atoms with Gasteiger partial charge < -0.3 is 42.2 Å². The molecule has 1 heterocycles. The van der Waals surface area contributed by atoms with Gasteiger partial charge in [-0.3, -0.25) is 24.0 Å². The normalized spacial score (nSPS) is 14.3. The Morgan fingerprint density at radius 2 is 1.43 bits per heavy atom. The Bertz CT molecular complexity index is 1310. The summed E-state index contributed by atoms with van der Waals surface area (Å²) in [6.07, 6.45) is 4.22. The minimum atomic E-state index is -1.68. The Morgan fingerprint density at radius 1 is 0.848 bits per heavy atom. The molecule has 46 heavy (non-hydrogen) atoms. The number of benzene rings is 1. The number of carboxylic acid groups (broad SMARTS) is 2. The number of carboxylic acids is 2. The van der Waals surface area contributed by atoms with Crippen LogP contribution >= 0.6 is 11.8 Å². The van der Waals surface area contributed by atoms with Crippen LogP contribution in [0.25, 0.3) is 0 Å². The van der Waals surface area contributed by atoms with Crippen molar-refractivity contribution in [3.8, 4) is 0 Å². The van der Waals surface area contributed by atoms with Crippen LogP contribution in [0.1, 0.15) is 44.4 Å². The summed E-state index contributed by atoms with van der Waals surface area (Å²) in [5.74, 6) is -5.32. The largest absolute Gasteiger partial charge is 0.481 e. The first-order valence-corrected chi connectivity index (χ1v) is 16.1. The third-order valence-corrected chi connectivity index (χ3v) is 7.47. The number of carbonyl (C=O) groups is 6. The summed E-state index contributed by atoms with van der Waals surface area (Å²) in [4.78, 5) is 83.2. The van der Waals surface area contributed by atoms with Gasteiger partial charge in [-0.05, 0) is 36.3 Å². The molecule has 1 aromatic carbocycles. The highest BCUT2D eigenvalue weighted by Gasteiger charge is 2.33. The van der Waals surface area contributed by atoms with Gasteiger partial charge in [-0.2, -0.15) is 11.8 Å². The number of nitrogens with zero attached hydrogens (tertiary/aromatic N) is 1. The number of hydrogen-bond donors (Lipinski definition) is 8. The summed E-state index contributed by atoms with van der Waals surface area (Å²) >= 11 is 1.53. The van der Waals surface area contributed by atoms with Gasteiger partial charge in [-0.25, -0.2) is 9.78 Å². The van der Waals surface area contributed by atoms with Gasteiger partial charge in [0.1, 0.15) is 24.2 Å². The van der Waals surface area contributed by atoms with Gasteiger partial charge in [-0.15, -0.1) is 0 Å². The number of thioether (sulfide) groups is 1. The molecular formula is C30H43N7O8S. The molecule has 1 aromatic heterocycles. The van der Waals surface area contributed by atoms with E-state index in [4.69, 9.17) is 5.73 Å². The fraction of sp³-hybridized carbons (Fsp3) is 0.500. The van der Waals surface area contributed by atoms with Crippen molar-refractivity contribution < 1.29 is 39.0 Å². The van der Waals surface area contributed by atoms with E-state index in [2.05, 4.69) is 31.2 Å². The zero-order valence-corrected chi connectivity index (χ0v) is 26.8. The van der Waals surface area contributed by atoms with Gasteiger partial charge in [0.15, 0.2) is 0 Å². The minimum Gasteiger partial charge on any atom is -0.481 e. The molecule has 0 spiro atoms. The number of hydrogen-bond acceptors (Lipinski definition) is 9. The summed E-state index contributed by atoms with van der Waals surface area (Å²) in [6, 6.07) is 2.19. The van der Waals surface area contributed by atoms with Crippen LogP contribution in [0.3, 0.4) is 0 Å². The third kappa shape index (κ3) is 13.3. The van der Waals surface area contributed by atoms with Gasteiger partial charge in [0.25, 0.3) is 0 Å². The lowest BCUT2D eigenvalue weighted by atomic mass is 10.0. The Hall–Kier alpha value is -4.44. The van der Waals surface area contributed by atoms with Gasteiger partial charge >= 0.3 is 11.9 Å². The van der Waals surface area contributed by atoms with Crippen LogP contribution in [0, 0.1) is 5.92 Å². The average Bonchev–Trinajstić information content (AvgIpc) is 3.51. The lowest BCUT2D eigenvalue weighted by Crippen LogP contribution is -2.59. The first-order chi connectivity index (χ1) is 21.8. The molecule has 0 saturated carbocycles. The van der Waals surface area contributed by atoms with Crippen molar-refractivity contribution in [1.82, 2.24) is 31.2 Å². The molecule has 0 aliphatic rings. The van der Waals surface area contributed by atoms with Crippen LogP contribution in [-0.4, -0.2) is 98.0 Å². The maximum absolute atomic E-state index is 13.5. The van der Waals surface area contributed by atoms with Crippen molar-refractivity contribution in [2.45, 2.75) is 76.2 Å². The van der Waals surface area contributed by atoms with E-state index in [0.717, 1.165) is 0 Å². The Morgan fingerprint density at radius 3 is 2.00 bits per heavy atom. The standard InChI is InChI=1S/C30H43N7O8S/c1-17(2)11-21(34-26(40)20(31)9-10-46-3)27(41)35-22(13-19-15-32-16-33-19)28(42)36-23(14-25(38)39)29(43)37-24(30(44)45)12-18-7-5-4-6-8-18/h4-8,15-17,20-24H,9-14,31H2,1-3H3,(H,32,33)(H,34,40)(H,35,41)(H,36,42)(H,37,43)(H,38,39)(H,44,45). The molecule has 16 heteroatoms. The third-order valence-electron chi connectivity index (χ3n) is 6.83. The van der Waals surface area contributed by atoms with Crippen molar-refractivity contribution in [2.75, 3.05) is 12.0 Å². The molecule has 5 unspecified atom stereocenters. The number of imidazole rings is 1. The number of aromatic amines is 1. The average molecular weight is 662 g/mol. The van der Waals surface area contributed by atoms with Crippen molar-refractivity contribution >= 4 is 47.3 Å². The smallest absolute Gasteiger partial charge is 0.326 e. The van der Waals surface area contributed by atoms with Crippen molar-refractivity contribution in [2.24, 2.45) is 11.7 Å². The number of nitrogens with one attached hydrogen (secondary N) is 5. The summed E-state index contributed by atoms with van der Waals surface area (Å²) in [6.45, 7) is 3.71. The first kappa shape index (κ1) is 37.7. The molecule has 252 valence electrons. The molecule has 0 fully saturated rings. The van der Waals surface area contributed by atoms with Gasteiger partial charge in [0.2, 0.25) is 23.6 Å². The fourth-order valence-electron chi connectivity index (χ4n) is 4.43. The molecule has 0 bridgehead atoms. The summed E-state index contributed by atoms with van der Waals surface area (Å²) < 4.78 is 0. The van der Waals surface area contributed by atoms with E-state index in [1.54, 1.807) is 30.3 Å². The van der Waals surface area contributed by atoms with E-state index < -0.39 is 72.2 Å². The van der Waals surface area contributed by atoms with Crippen molar-refractivity contribution in [3.05, 3.63) is 54.1 Å². The zero-order valence-electron chi connectivity index (χ0n) is 26.0. The van der Waals surface area contributed by atoms with E-state index in [-0.39, 0.29) is 25.2 Å². The van der Waals surface area contributed by atoms with E-state index in [0.29, 0.717) is 23.4 Å². The van der Waals surface area contributed by atoms with Crippen molar-refractivity contribution in [1.29, 1.82) is 0 Å². The number of carbonyl (C=O) groups excluding carboxylic acids is 4. The number of aliphatic carboxylic acids is 2. The van der Waals surface area contributed by atoms with Crippen LogP contribution < -0.4 is 27.0 Å². The van der Waals surface area contributed by atoms with E-state index in [9.17, 15) is 39.0 Å². The summed E-state index contributed by atoms with van der Waals surface area (Å²) in [5, 5.41) is 29.1. The summed E-state index contributed by atoms with van der Waals surface area (Å²) in [7, 11) is 0. The lowest BCUT2D eigenvalue weighted by Gasteiger charge is -2.26. The number of aromatic nitrogens is 2. The Labute approximate surface area is 271 Å². The predicted octanol–water partition coefficient (Wildman–Crippen LogP) is -0.180. The molecule has 2 aromatic rings. The monoisotopic (exact) mass is 661 g/mol. The SMILES string of the molecule is CSCCC(N)C(=O)NC(CC(C)C)C(=O)NC(Cc1cnc[nH]1)C(=O)NC(CC(=O)O)C(=O)NC(Cc1ccccc1)C(=O)O. The maximum Gasteiger partial charge on any atom is 0.326 e. The second-order valence-corrected chi connectivity index (χ2v) is 12.2. The van der Waals surface area contributed by atoms with Crippen LogP contribution in [0.15, 0.2) is 42.9 Å². The Kier molecular flexibility index (Phi) is 15.7. The van der Waals surface area contributed by atoms with Crippen LogP contribution in [-0.2, 0) is 41.6 Å². The molecule has 0 aliphatic heterocycles. The highest BCUT2D eigenvalue weighted by molar-refractivity contribution is 7.98. The molecule has 5 atom stereocenters. The molecule has 0 radical (unpaired) electrons. The van der Waals surface area contributed by atoms with E-state index in [1.165, 1.54) is 24.3 Å². The van der Waals surface area contributed by atoms with Crippen LogP contribution in [0.5, 0.6) is 0 Å².